The molecule has 1 saturated carbocycles. The molecule has 2 N–H and O–H groups in total. The first-order chi connectivity index (χ1) is 14.6. The standard InChI is InChI=1S/C25H28N4O/c1-25-15-19-20(14-16-8-3-2-4-9-16)29(22(25)13-7-12-21(25)26-19)24(30)23-17-10-5-6-11-18(17)27-28-23/h2-6,8-11,19-22,26H,7,12-15H2,1H3,(H,27,28)/t19-,20-,21-,22+,25-/m0/s1. The lowest BCUT2D eigenvalue weighted by Crippen LogP contribution is -2.62. The second-order valence-electron chi connectivity index (χ2n) is 9.57. The molecule has 0 spiro atoms. The number of amides is 1. The van der Waals surface area contributed by atoms with Crippen molar-refractivity contribution in [3.8, 4) is 0 Å². The zero-order valence-corrected chi connectivity index (χ0v) is 17.3. The first-order valence-electron chi connectivity index (χ1n) is 11.2. The van der Waals surface area contributed by atoms with Gasteiger partial charge in [-0.05, 0) is 43.7 Å². The van der Waals surface area contributed by atoms with Crippen LogP contribution in [0.5, 0.6) is 0 Å². The molecule has 2 aliphatic heterocycles. The minimum absolute atomic E-state index is 0.0821. The lowest BCUT2D eigenvalue weighted by atomic mass is 9.64. The van der Waals surface area contributed by atoms with Crippen LogP contribution in [0.25, 0.3) is 10.9 Å². The summed E-state index contributed by atoms with van der Waals surface area (Å²) in [6, 6.07) is 19.8. The van der Waals surface area contributed by atoms with Gasteiger partial charge >= 0.3 is 0 Å². The second kappa shape index (κ2) is 6.67. The summed E-state index contributed by atoms with van der Waals surface area (Å²) in [5, 5.41) is 12.4. The fourth-order valence-electron chi connectivity index (χ4n) is 6.52. The Morgan fingerprint density at radius 2 is 1.93 bits per heavy atom. The molecule has 2 saturated heterocycles. The summed E-state index contributed by atoms with van der Waals surface area (Å²) in [6.07, 6.45) is 5.51. The van der Waals surface area contributed by atoms with E-state index in [9.17, 15) is 4.79 Å². The normalized spacial score (nSPS) is 32.5. The fourth-order valence-corrected chi connectivity index (χ4v) is 6.52. The van der Waals surface area contributed by atoms with Crippen molar-refractivity contribution in [2.24, 2.45) is 5.41 Å². The maximum absolute atomic E-state index is 14.1. The van der Waals surface area contributed by atoms with E-state index in [-0.39, 0.29) is 23.4 Å². The van der Waals surface area contributed by atoms with Gasteiger partial charge in [-0.3, -0.25) is 9.89 Å². The third kappa shape index (κ3) is 2.58. The number of likely N-dealkylation sites (tertiary alicyclic amines) is 1. The number of hydrogen-bond acceptors (Lipinski definition) is 3. The molecule has 30 heavy (non-hydrogen) atoms. The highest BCUT2D eigenvalue weighted by atomic mass is 16.2. The summed E-state index contributed by atoms with van der Waals surface area (Å²) in [6.45, 7) is 2.40. The fraction of sp³-hybridized carbons (Fsp3) is 0.440. The van der Waals surface area contributed by atoms with Gasteiger partial charge in [-0.1, -0.05) is 55.5 Å². The van der Waals surface area contributed by atoms with Gasteiger partial charge < -0.3 is 10.2 Å². The molecule has 3 fully saturated rings. The summed E-state index contributed by atoms with van der Waals surface area (Å²) in [5.41, 5.74) is 2.93. The van der Waals surface area contributed by atoms with Gasteiger partial charge in [0.25, 0.3) is 5.91 Å². The van der Waals surface area contributed by atoms with Crippen LogP contribution < -0.4 is 5.32 Å². The van der Waals surface area contributed by atoms with Crippen LogP contribution in [0.4, 0.5) is 0 Å². The van der Waals surface area contributed by atoms with Crippen LogP contribution in [0.1, 0.15) is 48.7 Å². The Kier molecular flexibility index (Phi) is 4.03. The molecule has 154 valence electrons. The number of aromatic nitrogens is 2. The van der Waals surface area contributed by atoms with Gasteiger partial charge in [0, 0.05) is 28.9 Å². The number of carbonyl (C=O) groups is 1. The molecule has 5 atom stereocenters. The quantitative estimate of drug-likeness (QED) is 0.701. The topological polar surface area (TPSA) is 61.0 Å². The molecule has 6 rings (SSSR count). The van der Waals surface area contributed by atoms with Gasteiger partial charge in [0.05, 0.1) is 11.6 Å². The van der Waals surface area contributed by atoms with Gasteiger partial charge in [0.2, 0.25) is 0 Å². The van der Waals surface area contributed by atoms with Crippen molar-refractivity contribution in [1.29, 1.82) is 0 Å². The molecule has 5 heteroatoms. The van der Waals surface area contributed by atoms with Gasteiger partial charge in [-0.25, -0.2) is 0 Å². The highest BCUT2D eigenvalue weighted by Gasteiger charge is 2.60. The van der Waals surface area contributed by atoms with Crippen LogP contribution in [0, 0.1) is 5.41 Å². The number of aromatic amines is 1. The van der Waals surface area contributed by atoms with Gasteiger partial charge in [0.15, 0.2) is 5.69 Å². The minimum Gasteiger partial charge on any atom is -0.329 e. The number of piperidine rings is 1. The monoisotopic (exact) mass is 400 g/mol. The molecule has 0 radical (unpaired) electrons. The van der Waals surface area contributed by atoms with E-state index in [1.54, 1.807) is 0 Å². The third-order valence-corrected chi connectivity index (χ3v) is 7.96. The maximum Gasteiger partial charge on any atom is 0.275 e. The maximum atomic E-state index is 14.1. The Bertz CT molecular complexity index is 1090. The highest BCUT2D eigenvalue weighted by molar-refractivity contribution is 6.05. The average molecular weight is 401 g/mol. The molecule has 2 bridgehead atoms. The van der Waals surface area contributed by atoms with Crippen molar-refractivity contribution >= 4 is 16.8 Å². The lowest BCUT2D eigenvalue weighted by molar-refractivity contribution is -0.0113. The van der Waals surface area contributed by atoms with E-state index in [4.69, 9.17) is 0 Å². The van der Waals surface area contributed by atoms with E-state index in [0.717, 1.165) is 30.2 Å². The Morgan fingerprint density at radius 3 is 2.80 bits per heavy atom. The van der Waals surface area contributed by atoms with Crippen molar-refractivity contribution in [3.63, 3.8) is 0 Å². The number of carbonyl (C=O) groups excluding carboxylic acids is 1. The van der Waals surface area contributed by atoms with Crippen LogP contribution >= 0.6 is 0 Å². The first-order valence-corrected chi connectivity index (χ1v) is 11.2. The molecule has 0 unspecified atom stereocenters. The Morgan fingerprint density at radius 1 is 1.13 bits per heavy atom. The Balaban J connectivity index is 1.45. The molecule has 5 nitrogen and oxygen atoms in total. The van der Waals surface area contributed by atoms with E-state index in [1.807, 2.05) is 24.3 Å². The van der Waals surface area contributed by atoms with Crippen LogP contribution in [0.15, 0.2) is 54.6 Å². The molecule has 3 aromatic rings. The zero-order chi connectivity index (χ0) is 20.3. The van der Waals surface area contributed by atoms with E-state index in [1.165, 1.54) is 18.4 Å². The van der Waals surface area contributed by atoms with Crippen molar-refractivity contribution in [3.05, 3.63) is 65.9 Å². The molecule has 1 amide bonds. The average Bonchev–Trinajstić information content (AvgIpc) is 3.34. The Labute approximate surface area is 176 Å². The van der Waals surface area contributed by atoms with Gasteiger partial charge in [-0.2, -0.15) is 5.10 Å². The van der Waals surface area contributed by atoms with Crippen LogP contribution in [0.3, 0.4) is 0 Å². The number of nitrogens with zero attached hydrogens (tertiary/aromatic N) is 2. The molecular formula is C25H28N4O. The zero-order valence-electron chi connectivity index (χ0n) is 17.3. The second-order valence-corrected chi connectivity index (χ2v) is 9.57. The SMILES string of the molecule is C[C@]12C[C@@H]3N[C@H]1CCC[C@H]2N(C(=O)c1n[nH]c2ccccc12)[C@H]3Cc1ccccc1. The summed E-state index contributed by atoms with van der Waals surface area (Å²) in [7, 11) is 0. The number of para-hydroxylation sites is 1. The molecule has 1 aromatic heterocycles. The number of rotatable bonds is 3. The van der Waals surface area contributed by atoms with Crippen molar-refractivity contribution in [1.82, 2.24) is 20.4 Å². The largest absolute Gasteiger partial charge is 0.329 e. The number of nitrogens with one attached hydrogen (secondary N) is 2. The van der Waals surface area contributed by atoms with Crippen LogP contribution in [0.2, 0.25) is 0 Å². The van der Waals surface area contributed by atoms with E-state index < -0.39 is 0 Å². The smallest absolute Gasteiger partial charge is 0.275 e. The van der Waals surface area contributed by atoms with Gasteiger partial charge in [0.1, 0.15) is 0 Å². The van der Waals surface area contributed by atoms with Gasteiger partial charge in [-0.15, -0.1) is 0 Å². The molecule has 2 aromatic carbocycles. The van der Waals surface area contributed by atoms with E-state index >= 15 is 0 Å². The van der Waals surface area contributed by atoms with Crippen LogP contribution in [-0.2, 0) is 6.42 Å². The van der Waals surface area contributed by atoms with E-state index in [2.05, 4.69) is 57.7 Å². The number of fused-ring (bicyclic) bond motifs is 2. The summed E-state index contributed by atoms with van der Waals surface area (Å²) < 4.78 is 0. The number of hydrogen-bond donors (Lipinski definition) is 2. The summed E-state index contributed by atoms with van der Waals surface area (Å²) in [4.78, 5) is 16.3. The third-order valence-electron chi connectivity index (χ3n) is 7.96. The predicted molar refractivity (Wildman–Crippen MR) is 117 cm³/mol. The molecule has 3 heterocycles. The minimum atomic E-state index is 0.0821. The molecule has 3 aliphatic rings. The van der Waals surface area contributed by atoms with E-state index in [0.29, 0.717) is 17.8 Å². The summed E-state index contributed by atoms with van der Waals surface area (Å²) >= 11 is 0. The number of benzene rings is 2. The van der Waals surface area contributed by atoms with Crippen molar-refractivity contribution in [2.75, 3.05) is 0 Å². The Hall–Kier alpha value is -2.66. The summed E-state index contributed by atoms with van der Waals surface area (Å²) in [5.74, 6) is 0.0821. The highest BCUT2D eigenvalue weighted by Crippen LogP contribution is 2.52. The lowest BCUT2D eigenvalue weighted by Gasteiger charge is -2.53. The van der Waals surface area contributed by atoms with Crippen molar-refractivity contribution < 1.29 is 4.79 Å². The van der Waals surface area contributed by atoms with Crippen molar-refractivity contribution in [2.45, 2.75) is 63.2 Å². The molecule has 1 aliphatic carbocycles. The molecular weight excluding hydrogens is 372 g/mol. The predicted octanol–water partition coefficient (Wildman–Crippen LogP) is 3.92. The number of H-pyrrole nitrogens is 1. The van der Waals surface area contributed by atoms with Crippen LogP contribution in [-0.4, -0.2) is 45.2 Å². The first kappa shape index (κ1) is 18.1.